The predicted octanol–water partition coefficient (Wildman–Crippen LogP) is 2.98. The Balaban J connectivity index is 0.00000507. The molecule has 0 N–H and O–H groups in total. The third kappa shape index (κ3) is 10.4. The molecule has 38 heavy (non-hydrogen) atoms. The fourth-order valence-electron chi connectivity index (χ4n) is 4.83. The van der Waals surface area contributed by atoms with Crippen LogP contribution in [0.5, 0.6) is 17.2 Å². The van der Waals surface area contributed by atoms with Crippen LogP contribution in [0, 0.1) is 0 Å². The summed E-state index contributed by atoms with van der Waals surface area (Å²) in [5, 5.41) is 0. The second kappa shape index (κ2) is 18.1. The van der Waals surface area contributed by atoms with Crippen molar-refractivity contribution in [2.75, 3.05) is 27.9 Å². The molecule has 2 unspecified atom stereocenters. The lowest BCUT2D eigenvalue weighted by Crippen LogP contribution is -3.00. The standard InChI is InChI=1S/C30H44NO6.BrH/c1-33-27-21-24(22-28(34-2)30(27)35-3)26-17-16-25(37-26)23-36-29(32)15-11-8-6-4-5-7-9-12-18-31-19-13-10-14-20-31;/h10,13-14,19-22,25-26H,4-9,11-12,15-18,23H2,1-3H3;1H/q+1;/p-1. The monoisotopic (exact) mass is 593 g/mol. The van der Waals surface area contributed by atoms with E-state index in [2.05, 4.69) is 35.2 Å². The van der Waals surface area contributed by atoms with Crippen molar-refractivity contribution in [1.29, 1.82) is 0 Å². The normalized spacial score (nSPS) is 16.5. The molecule has 0 spiro atoms. The molecule has 0 saturated carbocycles. The van der Waals surface area contributed by atoms with Gasteiger partial charge in [-0.15, -0.1) is 0 Å². The molecular weight excluding hydrogens is 550 g/mol. The number of esters is 1. The average Bonchev–Trinajstić information content (AvgIpc) is 3.41. The van der Waals surface area contributed by atoms with Crippen LogP contribution >= 0.6 is 0 Å². The summed E-state index contributed by atoms with van der Waals surface area (Å²) in [6.45, 7) is 1.40. The summed E-state index contributed by atoms with van der Waals surface area (Å²) in [6.07, 6.45) is 15.7. The molecule has 0 amide bonds. The van der Waals surface area contributed by atoms with E-state index in [9.17, 15) is 4.79 Å². The number of hydrogen-bond donors (Lipinski definition) is 0. The molecule has 212 valence electrons. The second-order valence-corrected chi connectivity index (χ2v) is 9.66. The van der Waals surface area contributed by atoms with Crippen molar-refractivity contribution in [2.45, 2.75) is 89.4 Å². The van der Waals surface area contributed by atoms with E-state index in [4.69, 9.17) is 23.7 Å². The van der Waals surface area contributed by atoms with Gasteiger partial charge < -0.3 is 40.7 Å². The highest BCUT2D eigenvalue weighted by molar-refractivity contribution is 5.69. The molecule has 1 aromatic heterocycles. The minimum Gasteiger partial charge on any atom is -1.00 e. The summed E-state index contributed by atoms with van der Waals surface area (Å²) in [6, 6.07) is 10.0. The first kappa shape index (κ1) is 31.9. The summed E-state index contributed by atoms with van der Waals surface area (Å²) >= 11 is 0. The number of aryl methyl sites for hydroxylation is 1. The number of carbonyl (C=O) groups excluding carboxylic acids is 1. The van der Waals surface area contributed by atoms with Crippen molar-refractivity contribution in [3.63, 3.8) is 0 Å². The molecule has 1 aromatic carbocycles. The molecule has 1 aliphatic rings. The lowest BCUT2D eigenvalue weighted by Gasteiger charge is -2.18. The molecule has 2 atom stereocenters. The van der Waals surface area contributed by atoms with Crippen molar-refractivity contribution in [2.24, 2.45) is 0 Å². The van der Waals surface area contributed by atoms with Crippen molar-refractivity contribution >= 4 is 5.97 Å². The van der Waals surface area contributed by atoms with E-state index in [0.29, 0.717) is 30.3 Å². The number of methoxy groups -OCH3 is 3. The highest BCUT2D eigenvalue weighted by atomic mass is 79.9. The third-order valence-corrected chi connectivity index (χ3v) is 6.92. The van der Waals surface area contributed by atoms with E-state index in [0.717, 1.165) is 37.8 Å². The van der Waals surface area contributed by atoms with Crippen LogP contribution in [0.1, 0.15) is 82.3 Å². The largest absolute Gasteiger partial charge is 1.00 e. The molecule has 1 fully saturated rings. The lowest BCUT2D eigenvalue weighted by molar-refractivity contribution is -0.697. The average molecular weight is 595 g/mol. The third-order valence-electron chi connectivity index (χ3n) is 6.92. The van der Waals surface area contributed by atoms with Gasteiger partial charge in [-0.25, -0.2) is 4.57 Å². The molecule has 7 nitrogen and oxygen atoms in total. The Kier molecular flexibility index (Phi) is 15.2. The Morgan fingerprint density at radius 3 is 2.05 bits per heavy atom. The Morgan fingerprint density at radius 2 is 1.45 bits per heavy atom. The van der Waals surface area contributed by atoms with Gasteiger partial charge in [0.1, 0.15) is 13.2 Å². The molecule has 8 heteroatoms. The maximum Gasteiger partial charge on any atom is 0.305 e. The van der Waals surface area contributed by atoms with Gasteiger partial charge in [0.25, 0.3) is 0 Å². The van der Waals surface area contributed by atoms with Crippen LogP contribution in [0.3, 0.4) is 0 Å². The van der Waals surface area contributed by atoms with Crippen LogP contribution in [-0.4, -0.2) is 40.0 Å². The number of ether oxygens (including phenoxy) is 5. The van der Waals surface area contributed by atoms with Crippen LogP contribution in [0.25, 0.3) is 0 Å². The Bertz CT molecular complexity index is 917. The quantitative estimate of drug-likeness (QED) is 0.160. The molecule has 1 saturated heterocycles. The Hall–Kier alpha value is -2.32. The first-order valence-corrected chi connectivity index (χ1v) is 13.7. The maximum atomic E-state index is 12.2. The van der Waals surface area contributed by atoms with Gasteiger partial charge in [0.2, 0.25) is 5.75 Å². The number of rotatable bonds is 17. The predicted molar refractivity (Wildman–Crippen MR) is 142 cm³/mol. The number of pyridine rings is 1. The Morgan fingerprint density at radius 1 is 0.842 bits per heavy atom. The van der Waals surface area contributed by atoms with Gasteiger partial charge in [0.05, 0.1) is 33.5 Å². The van der Waals surface area contributed by atoms with Gasteiger partial charge in [-0.1, -0.05) is 38.2 Å². The maximum absolute atomic E-state index is 12.2. The summed E-state index contributed by atoms with van der Waals surface area (Å²) in [4.78, 5) is 12.2. The van der Waals surface area contributed by atoms with Crippen molar-refractivity contribution < 1.29 is 50.0 Å². The molecule has 1 aliphatic heterocycles. The van der Waals surface area contributed by atoms with Gasteiger partial charge >= 0.3 is 5.97 Å². The van der Waals surface area contributed by atoms with Crippen LogP contribution in [0.2, 0.25) is 0 Å². The molecule has 3 rings (SSSR count). The number of unbranched alkanes of at least 4 members (excludes halogenated alkanes) is 7. The summed E-state index contributed by atoms with van der Waals surface area (Å²) in [5.74, 6) is 1.66. The Labute approximate surface area is 238 Å². The van der Waals surface area contributed by atoms with E-state index in [1.54, 1.807) is 21.3 Å². The topological polar surface area (TPSA) is 67.1 Å². The molecule has 2 heterocycles. The number of carbonyl (C=O) groups is 1. The molecular formula is C30H44BrNO6. The zero-order valence-electron chi connectivity index (χ0n) is 23.2. The fraction of sp³-hybridized carbons (Fsp3) is 0.600. The number of benzene rings is 1. The van der Waals surface area contributed by atoms with Crippen LogP contribution in [0.15, 0.2) is 42.7 Å². The zero-order chi connectivity index (χ0) is 26.3. The second-order valence-electron chi connectivity index (χ2n) is 9.66. The highest BCUT2D eigenvalue weighted by Gasteiger charge is 2.29. The number of nitrogens with zero attached hydrogens (tertiary/aromatic N) is 1. The minimum atomic E-state index is -0.127. The van der Waals surface area contributed by atoms with Gasteiger partial charge in [-0.3, -0.25) is 4.79 Å². The van der Waals surface area contributed by atoms with Crippen molar-refractivity contribution in [3.05, 3.63) is 48.3 Å². The van der Waals surface area contributed by atoms with E-state index in [1.165, 1.54) is 38.5 Å². The van der Waals surface area contributed by atoms with Gasteiger partial charge in [0, 0.05) is 25.0 Å². The van der Waals surface area contributed by atoms with Gasteiger partial charge in [-0.05, 0) is 43.4 Å². The van der Waals surface area contributed by atoms with Crippen LogP contribution in [0.4, 0.5) is 0 Å². The minimum absolute atomic E-state index is 0. The number of hydrogen-bond acceptors (Lipinski definition) is 6. The summed E-state index contributed by atoms with van der Waals surface area (Å²) in [7, 11) is 4.80. The molecule has 0 bridgehead atoms. The number of halogens is 1. The molecule has 0 aliphatic carbocycles. The van der Waals surface area contributed by atoms with E-state index < -0.39 is 0 Å². The van der Waals surface area contributed by atoms with E-state index in [1.807, 2.05) is 12.1 Å². The van der Waals surface area contributed by atoms with Crippen LogP contribution < -0.4 is 35.8 Å². The first-order chi connectivity index (χ1) is 18.1. The van der Waals surface area contributed by atoms with Crippen molar-refractivity contribution in [1.82, 2.24) is 0 Å². The van der Waals surface area contributed by atoms with Gasteiger partial charge in [0.15, 0.2) is 23.9 Å². The number of aromatic nitrogens is 1. The fourth-order valence-corrected chi connectivity index (χ4v) is 4.83. The molecule has 0 radical (unpaired) electrons. The lowest BCUT2D eigenvalue weighted by atomic mass is 10.0. The van der Waals surface area contributed by atoms with E-state index >= 15 is 0 Å². The summed E-state index contributed by atoms with van der Waals surface area (Å²) in [5.41, 5.74) is 0.971. The SMILES string of the molecule is COc1cc(C2CCC(COC(=O)CCCCCCCCCC[n+]3ccccc3)O2)cc(OC)c1OC.[Br-]. The first-order valence-electron chi connectivity index (χ1n) is 13.7. The zero-order valence-corrected chi connectivity index (χ0v) is 24.7. The highest BCUT2D eigenvalue weighted by Crippen LogP contribution is 2.43. The van der Waals surface area contributed by atoms with Gasteiger partial charge in [-0.2, -0.15) is 0 Å². The van der Waals surface area contributed by atoms with Crippen molar-refractivity contribution in [3.8, 4) is 17.2 Å². The smallest absolute Gasteiger partial charge is 0.305 e. The summed E-state index contributed by atoms with van der Waals surface area (Å²) < 4.78 is 30.2. The molecule has 2 aromatic rings. The van der Waals surface area contributed by atoms with Crippen LogP contribution in [-0.2, 0) is 20.8 Å². The van der Waals surface area contributed by atoms with E-state index in [-0.39, 0.29) is 35.2 Å².